The SMILES string of the molecule is Cn1cnc2ncnc(N3CCN(c4ccc(=O)[nH]n4)CC3)c21. The molecule has 118 valence electrons. The van der Waals surface area contributed by atoms with Crippen LogP contribution < -0.4 is 15.4 Å². The van der Waals surface area contributed by atoms with Gasteiger partial charge in [-0.2, -0.15) is 5.10 Å². The van der Waals surface area contributed by atoms with Gasteiger partial charge in [0.1, 0.15) is 17.7 Å². The van der Waals surface area contributed by atoms with E-state index in [1.54, 1.807) is 18.7 Å². The number of hydrogen-bond donors (Lipinski definition) is 1. The Balaban J connectivity index is 1.56. The van der Waals surface area contributed by atoms with Crippen molar-refractivity contribution < 1.29 is 0 Å². The number of aromatic nitrogens is 6. The van der Waals surface area contributed by atoms with E-state index >= 15 is 0 Å². The van der Waals surface area contributed by atoms with Gasteiger partial charge in [0, 0.05) is 39.3 Å². The van der Waals surface area contributed by atoms with Crippen molar-refractivity contribution in [2.45, 2.75) is 0 Å². The number of hydrogen-bond acceptors (Lipinski definition) is 7. The fourth-order valence-electron chi connectivity index (χ4n) is 2.86. The van der Waals surface area contributed by atoms with Crippen LogP contribution in [0.5, 0.6) is 0 Å². The Morgan fingerprint density at radius 3 is 2.57 bits per heavy atom. The van der Waals surface area contributed by atoms with Crippen molar-refractivity contribution >= 4 is 22.8 Å². The molecule has 1 aliphatic rings. The van der Waals surface area contributed by atoms with Crippen LogP contribution in [0.15, 0.2) is 29.6 Å². The number of fused-ring (bicyclic) bond motifs is 1. The smallest absolute Gasteiger partial charge is 0.264 e. The van der Waals surface area contributed by atoms with E-state index in [2.05, 4.69) is 34.9 Å². The molecule has 1 saturated heterocycles. The summed E-state index contributed by atoms with van der Waals surface area (Å²) < 4.78 is 1.94. The summed E-state index contributed by atoms with van der Waals surface area (Å²) in [5.41, 5.74) is 1.47. The molecule has 9 heteroatoms. The van der Waals surface area contributed by atoms with Crippen LogP contribution in [0.3, 0.4) is 0 Å². The lowest BCUT2D eigenvalue weighted by Crippen LogP contribution is -2.47. The second-order valence-corrected chi connectivity index (χ2v) is 5.48. The van der Waals surface area contributed by atoms with Gasteiger partial charge in [-0.1, -0.05) is 0 Å². The van der Waals surface area contributed by atoms with Gasteiger partial charge in [0.15, 0.2) is 11.5 Å². The largest absolute Gasteiger partial charge is 0.352 e. The van der Waals surface area contributed by atoms with E-state index in [0.29, 0.717) is 5.65 Å². The van der Waals surface area contributed by atoms with E-state index in [9.17, 15) is 4.79 Å². The van der Waals surface area contributed by atoms with E-state index < -0.39 is 0 Å². The number of nitrogens with zero attached hydrogens (tertiary/aromatic N) is 7. The summed E-state index contributed by atoms with van der Waals surface area (Å²) >= 11 is 0. The van der Waals surface area contributed by atoms with Crippen LogP contribution >= 0.6 is 0 Å². The molecule has 3 aromatic rings. The summed E-state index contributed by atoms with van der Waals surface area (Å²) in [5, 5.41) is 6.56. The third kappa shape index (κ3) is 2.39. The molecule has 0 aromatic carbocycles. The molecule has 1 fully saturated rings. The van der Waals surface area contributed by atoms with Crippen molar-refractivity contribution in [1.82, 2.24) is 29.7 Å². The van der Waals surface area contributed by atoms with Gasteiger partial charge in [-0.05, 0) is 6.07 Å². The lowest BCUT2D eigenvalue weighted by molar-refractivity contribution is 0.637. The van der Waals surface area contributed by atoms with Crippen LogP contribution in [0.4, 0.5) is 11.6 Å². The van der Waals surface area contributed by atoms with Gasteiger partial charge in [0.2, 0.25) is 0 Å². The molecule has 0 atom stereocenters. The molecule has 1 N–H and O–H groups in total. The zero-order valence-corrected chi connectivity index (χ0v) is 12.7. The van der Waals surface area contributed by atoms with Crippen LogP contribution in [0.25, 0.3) is 11.2 Å². The topological polar surface area (TPSA) is 95.8 Å². The molecule has 0 spiro atoms. The Kier molecular flexibility index (Phi) is 3.18. The zero-order chi connectivity index (χ0) is 15.8. The van der Waals surface area contributed by atoms with E-state index in [1.807, 2.05) is 11.6 Å². The predicted octanol–water partition coefficient (Wildman–Crippen LogP) is -0.227. The van der Waals surface area contributed by atoms with Crippen LogP contribution in [-0.2, 0) is 7.05 Å². The average molecular weight is 312 g/mol. The van der Waals surface area contributed by atoms with Crippen molar-refractivity contribution in [1.29, 1.82) is 0 Å². The molecule has 0 saturated carbocycles. The summed E-state index contributed by atoms with van der Waals surface area (Å²) in [7, 11) is 1.95. The fraction of sp³-hybridized carbons (Fsp3) is 0.357. The highest BCUT2D eigenvalue weighted by atomic mass is 16.1. The molecule has 4 heterocycles. The lowest BCUT2D eigenvalue weighted by Gasteiger charge is -2.35. The van der Waals surface area contributed by atoms with E-state index in [0.717, 1.165) is 43.3 Å². The summed E-state index contributed by atoms with van der Waals surface area (Å²) in [5.74, 6) is 1.70. The van der Waals surface area contributed by atoms with Gasteiger partial charge in [-0.15, -0.1) is 0 Å². The minimum atomic E-state index is -0.188. The highest BCUT2D eigenvalue weighted by Crippen LogP contribution is 2.23. The number of rotatable bonds is 2. The molecule has 9 nitrogen and oxygen atoms in total. The molecular weight excluding hydrogens is 296 g/mol. The first-order valence-electron chi connectivity index (χ1n) is 7.40. The Morgan fingerprint density at radius 1 is 1.04 bits per heavy atom. The highest BCUT2D eigenvalue weighted by Gasteiger charge is 2.22. The number of aromatic amines is 1. The van der Waals surface area contributed by atoms with Crippen molar-refractivity contribution in [3.63, 3.8) is 0 Å². The number of anilines is 2. The third-order valence-corrected chi connectivity index (χ3v) is 4.06. The summed E-state index contributed by atoms with van der Waals surface area (Å²) in [6.07, 6.45) is 3.31. The van der Waals surface area contributed by atoms with Crippen LogP contribution in [0.1, 0.15) is 0 Å². The summed E-state index contributed by atoms with van der Waals surface area (Å²) in [6.45, 7) is 3.25. The predicted molar refractivity (Wildman–Crippen MR) is 85.6 cm³/mol. The minimum absolute atomic E-state index is 0.188. The number of nitrogens with one attached hydrogen (secondary N) is 1. The van der Waals surface area contributed by atoms with Gasteiger partial charge >= 0.3 is 0 Å². The molecule has 1 aliphatic heterocycles. The maximum Gasteiger partial charge on any atom is 0.264 e. The fourth-order valence-corrected chi connectivity index (χ4v) is 2.86. The standard InChI is InChI=1S/C14H16N8O/c1-20-9-17-13-12(20)14(16-8-15-13)22-6-4-21(5-7-22)10-2-3-11(23)19-18-10/h2-3,8-9H,4-7H2,1H3,(H,19,23). The molecule has 3 aromatic heterocycles. The first-order valence-corrected chi connectivity index (χ1v) is 7.40. The first-order chi connectivity index (χ1) is 11.2. The van der Waals surface area contributed by atoms with Crippen LogP contribution in [-0.4, -0.2) is 55.9 Å². The van der Waals surface area contributed by atoms with E-state index in [-0.39, 0.29) is 5.56 Å². The highest BCUT2D eigenvalue weighted by molar-refractivity contribution is 5.83. The molecule has 0 radical (unpaired) electrons. The molecule has 23 heavy (non-hydrogen) atoms. The molecule has 0 bridgehead atoms. The van der Waals surface area contributed by atoms with Crippen LogP contribution in [0, 0.1) is 0 Å². The molecule has 0 amide bonds. The summed E-state index contributed by atoms with van der Waals surface area (Å²) in [4.78, 5) is 28.4. The van der Waals surface area contributed by atoms with Crippen molar-refractivity contribution in [2.75, 3.05) is 36.0 Å². The Bertz CT molecular complexity index is 873. The maximum atomic E-state index is 11.1. The van der Waals surface area contributed by atoms with Gasteiger partial charge in [-0.25, -0.2) is 20.1 Å². The number of aryl methyl sites for hydroxylation is 1. The zero-order valence-electron chi connectivity index (χ0n) is 12.7. The third-order valence-electron chi connectivity index (χ3n) is 4.06. The second-order valence-electron chi connectivity index (χ2n) is 5.48. The van der Waals surface area contributed by atoms with Gasteiger partial charge in [0.25, 0.3) is 5.56 Å². The second kappa shape index (κ2) is 5.34. The van der Waals surface area contributed by atoms with Gasteiger partial charge in [0.05, 0.1) is 6.33 Å². The molecule has 4 rings (SSSR count). The van der Waals surface area contributed by atoms with Gasteiger partial charge < -0.3 is 14.4 Å². The van der Waals surface area contributed by atoms with Crippen molar-refractivity contribution in [3.05, 3.63) is 35.1 Å². The maximum absolute atomic E-state index is 11.1. The normalized spacial score (nSPS) is 15.3. The number of piperazine rings is 1. The van der Waals surface area contributed by atoms with Crippen molar-refractivity contribution in [3.8, 4) is 0 Å². The quantitative estimate of drug-likeness (QED) is 0.698. The Morgan fingerprint density at radius 2 is 1.83 bits per heavy atom. The van der Waals surface area contributed by atoms with E-state index in [1.165, 1.54) is 6.07 Å². The number of H-pyrrole nitrogens is 1. The molecular formula is C14H16N8O. The van der Waals surface area contributed by atoms with Crippen molar-refractivity contribution in [2.24, 2.45) is 7.05 Å². The van der Waals surface area contributed by atoms with Crippen LogP contribution in [0.2, 0.25) is 0 Å². The number of imidazole rings is 1. The lowest BCUT2D eigenvalue weighted by atomic mass is 10.3. The molecule has 0 aliphatic carbocycles. The van der Waals surface area contributed by atoms with Gasteiger partial charge in [-0.3, -0.25) is 4.79 Å². The average Bonchev–Trinajstić information content (AvgIpc) is 2.97. The molecule has 0 unspecified atom stereocenters. The summed E-state index contributed by atoms with van der Waals surface area (Å²) in [6, 6.07) is 3.25. The Hall–Kier alpha value is -2.97. The first kappa shape index (κ1) is 13.7. The monoisotopic (exact) mass is 312 g/mol. The Labute approximate surface area is 131 Å². The minimum Gasteiger partial charge on any atom is -0.352 e. The van der Waals surface area contributed by atoms with E-state index in [4.69, 9.17) is 0 Å².